The molecule has 1 atom stereocenters. The van der Waals surface area contributed by atoms with Crippen molar-refractivity contribution in [2.24, 2.45) is 7.05 Å². The van der Waals surface area contributed by atoms with E-state index in [9.17, 15) is 18.0 Å². The van der Waals surface area contributed by atoms with Gasteiger partial charge in [0.25, 0.3) is 0 Å². The number of aliphatic hydroxyl groups excluding tert-OH is 1. The van der Waals surface area contributed by atoms with Crippen molar-refractivity contribution in [2.45, 2.75) is 12.3 Å². The van der Waals surface area contributed by atoms with Crippen LogP contribution in [0.2, 0.25) is 0 Å². The van der Waals surface area contributed by atoms with E-state index < -0.39 is 24.7 Å². The van der Waals surface area contributed by atoms with Crippen molar-refractivity contribution in [1.82, 2.24) is 15.1 Å². The lowest BCUT2D eigenvalue weighted by Gasteiger charge is -2.14. The van der Waals surface area contributed by atoms with Gasteiger partial charge in [-0.3, -0.25) is 9.48 Å². The largest absolute Gasteiger partial charge is 0.416 e. The standard InChI is InChI=1S/C10H12F3N3O2/c1-16-6-7(4-15-16)2-3-9(18)14-5-8(17)10(11,12)13/h2-4,6,8,17H,5H2,1H3,(H,14,18)/b3-2+. The third-order valence-electron chi connectivity index (χ3n) is 2.00. The normalized spacial score (nSPS) is 13.8. The van der Waals surface area contributed by atoms with E-state index in [1.807, 2.05) is 5.32 Å². The topological polar surface area (TPSA) is 67.2 Å². The van der Waals surface area contributed by atoms with Crippen LogP contribution in [0.1, 0.15) is 5.56 Å². The van der Waals surface area contributed by atoms with Crippen LogP contribution in [0.25, 0.3) is 6.08 Å². The maximum Gasteiger partial charge on any atom is 0.416 e. The van der Waals surface area contributed by atoms with E-state index >= 15 is 0 Å². The number of nitrogens with zero attached hydrogens (tertiary/aromatic N) is 2. The Kier molecular flexibility index (Phi) is 4.49. The number of halogens is 3. The first kappa shape index (κ1) is 14.2. The number of carbonyl (C=O) groups is 1. The molecule has 100 valence electrons. The lowest BCUT2D eigenvalue weighted by Crippen LogP contribution is -2.40. The van der Waals surface area contributed by atoms with Crippen molar-refractivity contribution in [3.63, 3.8) is 0 Å². The lowest BCUT2D eigenvalue weighted by molar-refractivity contribution is -0.201. The quantitative estimate of drug-likeness (QED) is 0.776. The van der Waals surface area contributed by atoms with Gasteiger partial charge in [-0.05, 0) is 6.08 Å². The van der Waals surface area contributed by atoms with Gasteiger partial charge in [0, 0.05) is 24.9 Å². The van der Waals surface area contributed by atoms with E-state index in [1.165, 1.54) is 17.0 Å². The van der Waals surface area contributed by atoms with Crippen molar-refractivity contribution < 1.29 is 23.1 Å². The summed E-state index contributed by atoms with van der Waals surface area (Å²) in [7, 11) is 1.69. The van der Waals surface area contributed by atoms with Gasteiger partial charge < -0.3 is 10.4 Å². The number of aryl methyl sites for hydroxylation is 1. The molecular weight excluding hydrogens is 251 g/mol. The number of alkyl halides is 3. The van der Waals surface area contributed by atoms with Crippen LogP contribution in [0, 0.1) is 0 Å². The van der Waals surface area contributed by atoms with Gasteiger partial charge in [0.05, 0.1) is 12.7 Å². The molecule has 5 nitrogen and oxygen atoms in total. The predicted octanol–water partition coefficient (Wildman–Crippen LogP) is 0.473. The molecule has 1 unspecified atom stereocenters. The number of hydrogen-bond acceptors (Lipinski definition) is 3. The molecule has 0 spiro atoms. The molecule has 0 fully saturated rings. The number of hydrogen-bond donors (Lipinski definition) is 2. The molecule has 0 bridgehead atoms. The van der Waals surface area contributed by atoms with Crippen LogP contribution in [0.4, 0.5) is 13.2 Å². The second-order valence-corrected chi connectivity index (χ2v) is 3.58. The van der Waals surface area contributed by atoms with Crippen LogP contribution in [0.3, 0.4) is 0 Å². The van der Waals surface area contributed by atoms with Gasteiger partial charge in [0.1, 0.15) is 0 Å². The van der Waals surface area contributed by atoms with E-state index in [1.54, 1.807) is 13.2 Å². The number of amides is 1. The monoisotopic (exact) mass is 263 g/mol. The molecule has 1 heterocycles. The second kappa shape index (κ2) is 5.67. The Labute approximate surface area is 101 Å². The Morgan fingerprint density at radius 1 is 1.67 bits per heavy atom. The van der Waals surface area contributed by atoms with Gasteiger partial charge in [0.15, 0.2) is 6.10 Å². The lowest BCUT2D eigenvalue weighted by atomic mass is 10.3. The molecule has 1 amide bonds. The Morgan fingerprint density at radius 2 is 2.33 bits per heavy atom. The molecule has 0 aliphatic rings. The van der Waals surface area contributed by atoms with E-state index in [4.69, 9.17) is 5.11 Å². The third kappa shape index (κ3) is 4.58. The first-order chi connectivity index (χ1) is 8.29. The predicted molar refractivity (Wildman–Crippen MR) is 57.3 cm³/mol. The molecule has 0 aliphatic heterocycles. The van der Waals surface area contributed by atoms with Crippen LogP contribution >= 0.6 is 0 Å². The average molecular weight is 263 g/mol. The van der Waals surface area contributed by atoms with Crippen molar-refractivity contribution in [2.75, 3.05) is 6.54 Å². The van der Waals surface area contributed by atoms with Crippen LogP contribution in [-0.2, 0) is 11.8 Å². The van der Waals surface area contributed by atoms with Crippen molar-refractivity contribution in [1.29, 1.82) is 0 Å². The van der Waals surface area contributed by atoms with Crippen LogP contribution in [0.15, 0.2) is 18.5 Å². The van der Waals surface area contributed by atoms with Crippen molar-refractivity contribution in [3.05, 3.63) is 24.0 Å². The minimum atomic E-state index is -4.74. The molecular formula is C10H12F3N3O2. The fraction of sp³-hybridized carbons (Fsp3) is 0.400. The number of rotatable bonds is 4. The summed E-state index contributed by atoms with van der Waals surface area (Å²) >= 11 is 0. The average Bonchev–Trinajstić information content (AvgIpc) is 2.67. The molecule has 8 heteroatoms. The summed E-state index contributed by atoms with van der Waals surface area (Å²) in [6.45, 7) is -0.875. The number of aromatic nitrogens is 2. The Hall–Kier alpha value is -1.83. The van der Waals surface area contributed by atoms with E-state index in [-0.39, 0.29) is 0 Å². The summed E-state index contributed by atoms with van der Waals surface area (Å²) in [6.07, 6.45) is -1.70. The van der Waals surface area contributed by atoms with Gasteiger partial charge in [-0.1, -0.05) is 0 Å². The second-order valence-electron chi connectivity index (χ2n) is 3.58. The smallest absolute Gasteiger partial charge is 0.382 e. The first-order valence-electron chi connectivity index (χ1n) is 4.98. The fourth-order valence-electron chi connectivity index (χ4n) is 1.07. The van der Waals surface area contributed by atoms with Crippen molar-refractivity contribution in [3.8, 4) is 0 Å². The van der Waals surface area contributed by atoms with Crippen LogP contribution < -0.4 is 5.32 Å². The molecule has 0 saturated heterocycles. The zero-order chi connectivity index (χ0) is 13.8. The van der Waals surface area contributed by atoms with Gasteiger partial charge in [0.2, 0.25) is 5.91 Å². The fourth-order valence-corrected chi connectivity index (χ4v) is 1.07. The zero-order valence-electron chi connectivity index (χ0n) is 9.48. The van der Waals surface area contributed by atoms with Crippen molar-refractivity contribution >= 4 is 12.0 Å². The maximum atomic E-state index is 11.9. The summed E-state index contributed by atoms with van der Waals surface area (Å²) < 4.78 is 37.3. The van der Waals surface area contributed by atoms with Gasteiger partial charge >= 0.3 is 6.18 Å². The van der Waals surface area contributed by atoms with Gasteiger partial charge in [-0.2, -0.15) is 18.3 Å². The van der Waals surface area contributed by atoms with Crippen LogP contribution in [0.5, 0.6) is 0 Å². The molecule has 1 aromatic heterocycles. The minimum absolute atomic E-state index is 0.643. The Bertz CT molecular complexity index is 440. The summed E-state index contributed by atoms with van der Waals surface area (Å²) in [5.41, 5.74) is 0.643. The third-order valence-corrected chi connectivity index (χ3v) is 2.00. The Morgan fingerprint density at radius 3 is 2.83 bits per heavy atom. The SMILES string of the molecule is Cn1cc(/C=C/C(=O)NCC(O)C(F)(F)F)cn1. The molecule has 0 aliphatic carbocycles. The molecule has 1 aromatic rings. The summed E-state index contributed by atoms with van der Waals surface area (Å²) in [4.78, 5) is 11.2. The highest BCUT2D eigenvalue weighted by molar-refractivity contribution is 5.91. The van der Waals surface area contributed by atoms with Crippen LogP contribution in [-0.4, -0.2) is 39.6 Å². The van der Waals surface area contributed by atoms with E-state index in [2.05, 4.69) is 5.10 Å². The van der Waals surface area contributed by atoms with E-state index in [0.29, 0.717) is 5.56 Å². The number of aliphatic hydroxyl groups is 1. The molecule has 2 N–H and O–H groups in total. The van der Waals surface area contributed by atoms with Gasteiger partial charge in [-0.25, -0.2) is 0 Å². The Balaban J connectivity index is 2.41. The number of carbonyl (C=O) groups excluding carboxylic acids is 1. The highest BCUT2D eigenvalue weighted by atomic mass is 19.4. The summed E-state index contributed by atoms with van der Waals surface area (Å²) in [5.74, 6) is -0.720. The molecule has 0 aromatic carbocycles. The molecule has 0 radical (unpaired) electrons. The summed E-state index contributed by atoms with van der Waals surface area (Å²) in [5, 5.41) is 14.4. The minimum Gasteiger partial charge on any atom is -0.382 e. The molecule has 0 saturated carbocycles. The molecule has 1 rings (SSSR count). The highest BCUT2D eigenvalue weighted by Crippen LogP contribution is 2.19. The first-order valence-corrected chi connectivity index (χ1v) is 4.98. The van der Waals surface area contributed by atoms with E-state index in [0.717, 1.165) is 6.08 Å². The maximum absolute atomic E-state index is 11.9. The molecule has 18 heavy (non-hydrogen) atoms. The summed E-state index contributed by atoms with van der Waals surface area (Å²) in [6, 6.07) is 0. The van der Waals surface area contributed by atoms with Gasteiger partial charge in [-0.15, -0.1) is 0 Å². The number of nitrogens with one attached hydrogen (secondary N) is 1. The highest BCUT2D eigenvalue weighted by Gasteiger charge is 2.37. The zero-order valence-corrected chi connectivity index (χ0v) is 9.48.